The lowest BCUT2D eigenvalue weighted by Gasteiger charge is -2.38. The molecule has 0 radical (unpaired) electrons. The number of amides is 4. The number of nitrogens with two attached hydrogens (primary N) is 2. The third-order valence-corrected chi connectivity index (χ3v) is 8.29. The molecule has 0 spiro atoms. The number of nitrogens with one attached hydrogen (secondary N) is 2. The zero-order chi connectivity index (χ0) is 37.6. The number of ketones is 1. The number of benzene rings is 4. The summed E-state index contributed by atoms with van der Waals surface area (Å²) in [5, 5.41) is 5.18. The van der Waals surface area contributed by atoms with Gasteiger partial charge in [0, 0.05) is 19.4 Å². The monoisotopic (exact) mass is 720 g/mol. The van der Waals surface area contributed by atoms with Crippen molar-refractivity contribution in [1.82, 2.24) is 15.5 Å². The van der Waals surface area contributed by atoms with Crippen LogP contribution in [-0.4, -0.2) is 65.0 Å². The largest absolute Gasteiger partial charge is 0.468 e. The van der Waals surface area contributed by atoms with Crippen LogP contribution in [0.2, 0.25) is 0 Å². The van der Waals surface area contributed by atoms with Crippen molar-refractivity contribution in [2.75, 3.05) is 6.54 Å². The van der Waals surface area contributed by atoms with Gasteiger partial charge in [0.15, 0.2) is 17.4 Å². The molecule has 0 aromatic heterocycles. The molecule has 53 heavy (non-hydrogen) atoms. The van der Waals surface area contributed by atoms with Crippen molar-refractivity contribution in [2.45, 2.75) is 50.3 Å². The maximum atomic E-state index is 13.9. The van der Waals surface area contributed by atoms with Crippen molar-refractivity contribution >= 4 is 35.7 Å². The third-order valence-electron chi connectivity index (χ3n) is 8.29. The van der Waals surface area contributed by atoms with E-state index < -0.39 is 53.6 Å². The quantitative estimate of drug-likeness (QED) is 0.0608. The SMILES string of the molecule is NC(=NC(=O)OCc1ccccc1)N(CCCC(=O)[C@@](N)(Cc1ccccc1)C(=O)N[C@@H]1C(=O)N[C@H]1Oc1ccccc1)C(=O)OCc1ccccc1. The molecule has 5 rings (SSSR count). The molecule has 4 aromatic carbocycles. The maximum absolute atomic E-state index is 13.9. The van der Waals surface area contributed by atoms with Crippen molar-refractivity contribution < 1.29 is 38.2 Å². The molecular formula is C39H40N6O8. The van der Waals surface area contributed by atoms with Crippen LogP contribution >= 0.6 is 0 Å². The van der Waals surface area contributed by atoms with E-state index in [-0.39, 0.29) is 39.0 Å². The first kappa shape index (κ1) is 37.7. The van der Waals surface area contributed by atoms with Crippen molar-refractivity contribution in [3.05, 3.63) is 138 Å². The minimum absolute atomic E-state index is 0.0563. The van der Waals surface area contributed by atoms with Gasteiger partial charge >= 0.3 is 12.2 Å². The summed E-state index contributed by atoms with van der Waals surface area (Å²) in [6, 6.07) is 34.1. The summed E-state index contributed by atoms with van der Waals surface area (Å²) >= 11 is 0. The number of Topliss-reactive ketones (excluding diaryl/α,β-unsaturated/α-hetero) is 1. The van der Waals surface area contributed by atoms with E-state index in [0.29, 0.717) is 22.4 Å². The van der Waals surface area contributed by atoms with Crippen molar-refractivity contribution in [1.29, 1.82) is 0 Å². The van der Waals surface area contributed by atoms with Gasteiger partial charge in [-0.3, -0.25) is 14.4 Å². The number of guanidine groups is 1. The summed E-state index contributed by atoms with van der Waals surface area (Å²) in [4.78, 5) is 70.6. The predicted molar refractivity (Wildman–Crippen MR) is 194 cm³/mol. The highest BCUT2D eigenvalue weighted by molar-refractivity contribution is 6.12. The predicted octanol–water partition coefficient (Wildman–Crippen LogP) is 3.59. The van der Waals surface area contributed by atoms with E-state index in [1.165, 1.54) is 0 Å². The van der Waals surface area contributed by atoms with Gasteiger partial charge in [0.25, 0.3) is 5.91 Å². The summed E-state index contributed by atoms with van der Waals surface area (Å²) in [5.74, 6) is -2.11. The zero-order valence-corrected chi connectivity index (χ0v) is 28.8. The number of carbonyl (C=O) groups excluding carboxylic acids is 5. The molecule has 1 aliphatic rings. The Bertz CT molecular complexity index is 1900. The first-order valence-electron chi connectivity index (χ1n) is 16.8. The molecule has 4 amide bonds. The minimum Gasteiger partial charge on any atom is -0.468 e. The van der Waals surface area contributed by atoms with Crippen LogP contribution in [0.5, 0.6) is 5.75 Å². The number of rotatable bonds is 15. The lowest BCUT2D eigenvalue weighted by molar-refractivity contribution is -0.147. The number of aliphatic imine (C=N–C) groups is 1. The van der Waals surface area contributed by atoms with Crippen LogP contribution in [0, 0.1) is 0 Å². The Morgan fingerprint density at radius 3 is 1.87 bits per heavy atom. The molecule has 0 unspecified atom stereocenters. The number of nitrogens with zero attached hydrogens (tertiary/aromatic N) is 2. The summed E-state index contributed by atoms with van der Waals surface area (Å²) in [6.45, 7) is -0.414. The molecule has 0 aliphatic carbocycles. The molecule has 14 nitrogen and oxygen atoms in total. The fourth-order valence-corrected chi connectivity index (χ4v) is 5.36. The van der Waals surface area contributed by atoms with Gasteiger partial charge in [-0.2, -0.15) is 0 Å². The zero-order valence-electron chi connectivity index (χ0n) is 28.8. The van der Waals surface area contributed by atoms with E-state index in [2.05, 4.69) is 15.6 Å². The van der Waals surface area contributed by atoms with Crippen LogP contribution in [0.25, 0.3) is 0 Å². The van der Waals surface area contributed by atoms with Crippen molar-refractivity contribution in [3.63, 3.8) is 0 Å². The van der Waals surface area contributed by atoms with Gasteiger partial charge in [-0.05, 0) is 35.2 Å². The van der Waals surface area contributed by atoms with Gasteiger partial charge in [0.05, 0.1) is 0 Å². The topological polar surface area (TPSA) is 205 Å². The number of para-hydroxylation sites is 1. The van der Waals surface area contributed by atoms with Crippen LogP contribution in [0.1, 0.15) is 29.5 Å². The fourth-order valence-electron chi connectivity index (χ4n) is 5.36. The summed E-state index contributed by atoms with van der Waals surface area (Å²) < 4.78 is 16.4. The van der Waals surface area contributed by atoms with Gasteiger partial charge in [0.1, 0.15) is 19.0 Å². The van der Waals surface area contributed by atoms with Crippen LogP contribution in [0.15, 0.2) is 126 Å². The summed E-state index contributed by atoms with van der Waals surface area (Å²) in [7, 11) is 0. The lowest BCUT2D eigenvalue weighted by Crippen LogP contribution is -2.74. The lowest BCUT2D eigenvalue weighted by atomic mass is 9.84. The molecule has 1 aliphatic heterocycles. The maximum Gasteiger partial charge on any atom is 0.437 e. The number of hydrogen-bond donors (Lipinski definition) is 4. The van der Waals surface area contributed by atoms with Gasteiger partial charge in [-0.15, -0.1) is 4.99 Å². The first-order chi connectivity index (χ1) is 25.6. The molecule has 3 atom stereocenters. The van der Waals surface area contributed by atoms with E-state index in [0.717, 1.165) is 4.90 Å². The van der Waals surface area contributed by atoms with Crippen LogP contribution in [0.4, 0.5) is 9.59 Å². The molecule has 14 heteroatoms. The fraction of sp³-hybridized carbons (Fsp3) is 0.231. The summed E-state index contributed by atoms with van der Waals surface area (Å²) in [6.07, 6.45) is -3.40. The Labute approximate surface area is 306 Å². The second-order valence-electron chi connectivity index (χ2n) is 12.2. The molecule has 1 heterocycles. The molecule has 0 bridgehead atoms. The van der Waals surface area contributed by atoms with E-state index in [1.807, 2.05) is 12.1 Å². The average molecular weight is 721 g/mol. The second kappa shape index (κ2) is 18.1. The van der Waals surface area contributed by atoms with E-state index in [1.54, 1.807) is 109 Å². The normalized spacial score (nSPS) is 16.2. The molecule has 274 valence electrons. The average Bonchev–Trinajstić information content (AvgIpc) is 3.18. The number of β-lactam (4-membered cyclic amide) rings is 1. The van der Waals surface area contributed by atoms with Crippen LogP contribution in [0.3, 0.4) is 0 Å². The standard InChI is InChI=1S/C39H40N6O8/c40-36(44-37(49)51-25-28-16-7-2-8-17-28)45(38(50)52-26-29-18-9-3-10-19-29)23-13-22-31(46)39(41,24-27-14-5-1-6-15-27)35(48)42-32-33(47)43-34(32)53-30-20-11-4-12-21-30/h1-12,14-21,32,34H,13,22-26,41H2,(H,42,48)(H,43,47)(H2,40,44,49)/t32-,34+,39+/m1/s1. The smallest absolute Gasteiger partial charge is 0.437 e. The molecule has 0 saturated carbocycles. The van der Waals surface area contributed by atoms with Crippen LogP contribution in [-0.2, 0) is 43.5 Å². The highest BCUT2D eigenvalue weighted by atomic mass is 16.6. The molecular weight excluding hydrogens is 680 g/mol. The second-order valence-corrected chi connectivity index (χ2v) is 12.2. The van der Waals surface area contributed by atoms with E-state index >= 15 is 0 Å². The first-order valence-corrected chi connectivity index (χ1v) is 16.8. The minimum atomic E-state index is -2.12. The van der Waals surface area contributed by atoms with Gasteiger partial charge < -0.3 is 36.3 Å². The Morgan fingerprint density at radius 2 is 1.30 bits per heavy atom. The Kier molecular flexibility index (Phi) is 12.9. The van der Waals surface area contributed by atoms with E-state index in [4.69, 9.17) is 25.7 Å². The molecule has 1 saturated heterocycles. The Morgan fingerprint density at radius 1 is 0.774 bits per heavy atom. The molecule has 4 aromatic rings. The highest BCUT2D eigenvalue weighted by Crippen LogP contribution is 2.20. The third kappa shape index (κ3) is 10.5. The van der Waals surface area contributed by atoms with Gasteiger partial charge in [0.2, 0.25) is 18.1 Å². The number of hydrogen-bond acceptors (Lipinski definition) is 9. The van der Waals surface area contributed by atoms with Gasteiger partial charge in [-0.25, -0.2) is 14.5 Å². The van der Waals surface area contributed by atoms with Crippen molar-refractivity contribution in [3.8, 4) is 5.75 Å². The van der Waals surface area contributed by atoms with Crippen molar-refractivity contribution in [2.24, 2.45) is 16.5 Å². The van der Waals surface area contributed by atoms with E-state index in [9.17, 15) is 24.0 Å². The number of carbonyl (C=O) groups is 5. The van der Waals surface area contributed by atoms with Gasteiger partial charge in [-0.1, -0.05) is 109 Å². The Balaban J connectivity index is 1.28. The highest BCUT2D eigenvalue weighted by Gasteiger charge is 2.48. The van der Waals surface area contributed by atoms with Crippen LogP contribution < -0.4 is 26.8 Å². The number of ether oxygens (including phenoxy) is 3. The molecule has 1 fully saturated rings. The summed E-state index contributed by atoms with van der Waals surface area (Å²) in [5.41, 5.74) is 12.7. The molecule has 6 N–H and O–H groups in total. The Hall–Kier alpha value is -6.54.